The molecule has 0 aliphatic heterocycles. The van der Waals surface area contributed by atoms with Crippen LogP contribution in [-0.2, 0) is 9.53 Å². The summed E-state index contributed by atoms with van der Waals surface area (Å²) in [5.74, 6) is -0.597. The van der Waals surface area contributed by atoms with Crippen LogP contribution in [0.25, 0.3) is 0 Å². The summed E-state index contributed by atoms with van der Waals surface area (Å²) in [6.45, 7) is 5.86. The monoisotopic (exact) mass is 317 g/mol. The summed E-state index contributed by atoms with van der Waals surface area (Å²) in [5.41, 5.74) is 0.148. The topological polar surface area (TPSA) is 38.3 Å². The molecule has 1 rings (SSSR count). The molecule has 1 N–H and O–H groups in total. The van der Waals surface area contributed by atoms with Crippen molar-refractivity contribution in [1.82, 2.24) is 0 Å². The first kappa shape index (κ1) is 15.0. The van der Waals surface area contributed by atoms with Crippen molar-refractivity contribution in [3.05, 3.63) is 28.5 Å². The third-order valence-corrected chi connectivity index (χ3v) is 2.68. The largest absolute Gasteiger partial charge is 0.460 e. The molecule has 0 saturated heterocycles. The standard InChI is InChI=1S/C13H17BrFNO2/c1-13(2,3)18-12(17)6-7-16-11-8-9(15)4-5-10(11)14/h4-5,8,16H,6-7H2,1-3H3. The van der Waals surface area contributed by atoms with Crippen molar-refractivity contribution in [2.45, 2.75) is 32.8 Å². The Kier molecular flexibility index (Phi) is 5.14. The third kappa shape index (κ3) is 5.49. The average molecular weight is 318 g/mol. The Bertz CT molecular complexity index is 429. The van der Waals surface area contributed by atoms with Crippen LogP contribution in [0.4, 0.5) is 10.1 Å². The van der Waals surface area contributed by atoms with Crippen LogP contribution < -0.4 is 5.32 Å². The van der Waals surface area contributed by atoms with Gasteiger partial charge in [0, 0.05) is 11.0 Å². The molecule has 0 amide bonds. The van der Waals surface area contributed by atoms with Crippen LogP contribution >= 0.6 is 15.9 Å². The maximum absolute atomic E-state index is 13.0. The second-order valence-electron chi connectivity index (χ2n) is 4.89. The van der Waals surface area contributed by atoms with Crippen molar-refractivity contribution in [2.75, 3.05) is 11.9 Å². The minimum Gasteiger partial charge on any atom is -0.460 e. The first-order valence-electron chi connectivity index (χ1n) is 5.69. The normalized spacial score (nSPS) is 11.2. The van der Waals surface area contributed by atoms with E-state index in [4.69, 9.17) is 4.74 Å². The van der Waals surface area contributed by atoms with Crippen LogP contribution in [0.15, 0.2) is 22.7 Å². The number of rotatable bonds is 4. The van der Waals surface area contributed by atoms with Crippen LogP contribution in [0, 0.1) is 5.82 Å². The molecule has 0 unspecified atom stereocenters. The van der Waals surface area contributed by atoms with E-state index in [1.165, 1.54) is 12.1 Å². The maximum Gasteiger partial charge on any atom is 0.308 e. The number of carbonyl (C=O) groups is 1. The lowest BCUT2D eigenvalue weighted by molar-refractivity contribution is -0.154. The Morgan fingerprint density at radius 3 is 2.72 bits per heavy atom. The first-order chi connectivity index (χ1) is 8.28. The zero-order chi connectivity index (χ0) is 13.8. The summed E-state index contributed by atoms with van der Waals surface area (Å²) in [6.07, 6.45) is 0.236. The molecule has 0 aromatic heterocycles. The number of carbonyl (C=O) groups excluding carboxylic acids is 1. The van der Waals surface area contributed by atoms with Gasteiger partial charge in [0.05, 0.1) is 12.1 Å². The summed E-state index contributed by atoms with van der Waals surface area (Å²) in [5, 5.41) is 2.98. The van der Waals surface area contributed by atoms with E-state index < -0.39 is 5.60 Å². The highest BCUT2D eigenvalue weighted by Gasteiger charge is 2.15. The SMILES string of the molecule is CC(C)(C)OC(=O)CCNc1cc(F)ccc1Br. The minimum absolute atomic E-state index is 0.236. The Morgan fingerprint density at radius 1 is 1.44 bits per heavy atom. The molecule has 0 aliphatic rings. The van der Waals surface area contributed by atoms with Gasteiger partial charge in [-0.2, -0.15) is 0 Å². The predicted octanol–water partition coefficient (Wildman–Crippen LogP) is 3.73. The lowest BCUT2D eigenvalue weighted by Gasteiger charge is -2.19. The van der Waals surface area contributed by atoms with Crippen molar-refractivity contribution in [3.8, 4) is 0 Å². The van der Waals surface area contributed by atoms with Crippen LogP contribution in [0.3, 0.4) is 0 Å². The Labute approximate surface area is 115 Å². The molecule has 0 radical (unpaired) electrons. The van der Waals surface area contributed by atoms with Gasteiger partial charge in [-0.3, -0.25) is 4.79 Å². The molecule has 1 aromatic rings. The lowest BCUT2D eigenvalue weighted by Crippen LogP contribution is -2.25. The molecule has 0 saturated carbocycles. The van der Waals surface area contributed by atoms with Gasteiger partial charge in [0.15, 0.2) is 0 Å². The number of anilines is 1. The molecule has 100 valence electrons. The third-order valence-electron chi connectivity index (χ3n) is 1.99. The molecule has 0 bridgehead atoms. The van der Waals surface area contributed by atoms with E-state index in [-0.39, 0.29) is 18.2 Å². The average Bonchev–Trinajstić information content (AvgIpc) is 2.20. The van der Waals surface area contributed by atoms with E-state index in [0.29, 0.717) is 12.2 Å². The molecule has 1 aromatic carbocycles. The van der Waals surface area contributed by atoms with Crippen LogP contribution in [0.2, 0.25) is 0 Å². The number of hydrogen-bond acceptors (Lipinski definition) is 3. The van der Waals surface area contributed by atoms with Crippen molar-refractivity contribution in [1.29, 1.82) is 0 Å². The number of hydrogen-bond donors (Lipinski definition) is 1. The number of nitrogens with one attached hydrogen (secondary N) is 1. The van der Waals surface area contributed by atoms with E-state index >= 15 is 0 Å². The van der Waals surface area contributed by atoms with E-state index in [0.717, 1.165) is 4.47 Å². The quantitative estimate of drug-likeness (QED) is 0.860. The fourth-order valence-corrected chi connectivity index (χ4v) is 1.71. The highest BCUT2D eigenvalue weighted by Crippen LogP contribution is 2.22. The van der Waals surface area contributed by atoms with Gasteiger partial charge < -0.3 is 10.1 Å². The van der Waals surface area contributed by atoms with Crippen molar-refractivity contribution >= 4 is 27.6 Å². The summed E-state index contributed by atoms with van der Waals surface area (Å²) < 4.78 is 18.9. The molecule has 0 spiro atoms. The van der Waals surface area contributed by atoms with Gasteiger partial charge in [0.1, 0.15) is 11.4 Å². The summed E-state index contributed by atoms with van der Waals surface area (Å²) in [4.78, 5) is 11.5. The molecule has 3 nitrogen and oxygen atoms in total. The highest BCUT2D eigenvalue weighted by atomic mass is 79.9. The molecular formula is C13H17BrFNO2. The fraction of sp³-hybridized carbons (Fsp3) is 0.462. The van der Waals surface area contributed by atoms with E-state index in [2.05, 4.69) is 21.2 Å². The first-order valence-corrected chi connectivity index (χ1v) is 6.48. The van der Waals surface area contributed by atoms with E-state index in [1.54, 1.807) is 6.07 Å². The highest BCUT2D eigenvalue weighted by molar-refractivity contribution is 9.10. The smallest absolute Gasteiger partial charge is 0.308 e. The summed E-state index contributed by atoms with van der Waals surface area (Å²) in [7, 11) is 0. The Morgan fingerprint density at radius 2 is 2.11 bits per heavy atom. The van der Waals surface area contributed by atoms with Gasteiger partial charge in [-0.05, 0) is 54.9 Å². The van der Waals surface area contributed by atoms with Crippen LogP contribution in [0.1, 0.15) is 27.2 Å². The van der Waals surface area contributed by atoms with Crippen LogP contribution in [0.5, 0.6) is 0 Å². The van der Waals surface area contributed by atoms with Gasteiger partial charge in [0.2, 0.25) is 0 Å². The number of ether oxygens (including phenoxy) is 1. The zero-order valence-electron chi connectivity index (χ0n) is 10.7. The summed E-state index contributed by atoms with van der Waals surface area (Å²) >= 11 is 3.30. The number of esters is 1. The number of halogens is 2. The van der Waals surface area contributed by atoms with E-state index in [1.807, 2.05) is 20.8 Å². The van der Waals surface area contributed by atoms with Gasteiger partial charge in [0.25, 0.3) is 0 Å². The second-order valence-corrected chi connectivity index (χ2v) is 5.74. The number of benzene rings is 1. The molecule has 0 atom stereocenters. The second kappa shape index (κ2) is 6.18. The van der Waals surface area contributed by atoms with Crippen molar-refractivity contribution < 1.29 is 13.9 Å². The van der Waals surface area contributed by atoms with Crippen molar-refractivity contribution in [3.63, 3.8) is 0 Å². The van der Waals surface area contributed by atoms with Crippen molar-refractivity contribution in [2.24, 2.45) is 0 Å². The fourth-order valence-electron chi connectivity index (χ4n) is 1.32. The predicted molar refractivity (Wildman–Crippen MR) is 73.1 cm³/mol. The molecule has 18 heavy (non-hydrogen) atoms. The Hall–Kier alpha value is -1.10. The molecule has 0 fully saturated rings. The van der Waals surface area contributed by atoms with Gasteiger partial charge in [-0.15, -0.1) is 0 Å². The van der Waals surface area contributed by atoms with Crippen LogP contribution in [-0.4, -0.2) is 18.1 Å². The minimum atomic E-state index is -0.476. The Balaban J connectivity index is 2.42. The molecule has 5 heteroatoms. The molecular weight excluding hydrogens is 301 g/mol. The lowest BCUT2D eigenvalue weighted by atomic mass is 10.2. The van der Waals surface area contributed by atoms with Gasteiger partial charge >= 0.3 is 5.97 Å². The van der Waals surface area contributed by atoms with Gasteiger partial charge in [-0.1, -0.05) is 0 Å². The summed E-state index contributed by atoms with van der Waals surface area (Å²) in [6, 6.07) is 4.35. The zero-order valence-corrected chi connectivity index (χ0v) is 12.3. The molecule has 0 aliphatic carbocycles. The van der Waals surface area contributed by atoms with Gasteiger partial charge in [-0.25, -0.2) is 4.39 Å². The maximum atomic E-state index is 13.0. The van der Waals surface area contributed by atoms with E-state index in [9.17, 15) is 9.18 Å². The molecule has 0 heterocycles.